The molecule has 0 radical (unpaired) electrons. The fourth-order valence-corrected chi connectivity index (χ4v) is 2.75. The monoisotopic (exact) mass is 303 g/mol. The quantitative estimate of drug-likeness (QED) is 0.909. The van der Waals surface area contributed by atoms with E-state index in [-0.39, 0.29) is 5.41 Å². The zero-order valence-electron chi connectivity index (χ0n) is 13.4. The number of fused-ring (bicyclic) bond motifs is 1. The molecule has 2 aromatic rings. The first-order chi connectivity index (χ1) is 10.2. The summed E-state index contributed by atoms with van der Waals surface area (Å²) in [7, 11) is 0. The van der Waals surface area contributed by atoms with Gasteiger partial charge in [-0.3, -0.25) is 4.79 Å². The van der Waals surface area contributed by atoms with Crippen molar-refractivity contribution in [2.45, 2.75) is 39.5 Å². The summed E-state index contributed by atoms with van der Waals surface area (Å²) in [5.74, 6) is 0.808. The summed E-state index contributed by atoms with van der Waals surface area (Å²) in [6, 6.07) is 3.76. The number of anilines is 1. The highest BCUT2D eigenvalue weighted by Gasteiger charge is 2.41. The van der Waals surface area contributed by atoms with Gasteiger partial charge in [0.1, 0.15) is 5.82 Å². The predicted molar refractivity (Wildman–Crippen MR) is 82.1 cm³/mol. The van der Waals surface area contributed by atoms with E-state index in [1.54, 1.807) is 11.4 Å². The van der Waals surface area contributed by atoms with Crippen LogP contribution in [-0.2, 0) is 10.2 Å². The lowest BCUT2D eigenvalue weighted by Crippen LogP contribution is -2.32. The number of nitrogens with zero attached hydrogens (tertiary/aromatic N) is 5. The molecule has 3 heterocycles. The van der Waals surface area contributed by atoms with Crippen molar-refractivity contribution in [2.24, 2.45) is 5.41 Å². The average Bonchev–Trinajstić information content (AvgIpc) is 3.01. The zero-order valence-corrected chi connectivity index (χ0v) is 13.4. The van der Waals surface area contributed by atoms with Gasteiger partial charge in [-0.15, -0.1) is 15.3 Å². The second kappa shape index (κ2) is 4.66. The molecule has 118 valence electrons. The summed E-state index contributed by atoms with van der Waals surface area (Å²) in [5.41, 5.74) is -0.170. The molecule has 1 fully saturated rings. The van der Waals surface area contributed by atoms with Crippen molar-refractivity contribution in [2.75, 3.05) is 18.0 Å². The first-order valence-electron chi connectivity index (χ1n) is 7.42. The molecule has 7 nitrogen and oxygen atoms in total. The lowest BCUT2D eigenvalue weighted by molar-refractivity contribution is -0.146. The predicted octanol–water partition coefficient (Wildman–Crippen LogP) is 1.72. The summed E-state index contributed by atoms with van der Waals surface area (Å²) in [6.45, 7) is 9.13. The summed E-state index contributed by atoms with van der Waals surface area (Å²) >= 11 is 0. The highest BCUT2D eigenvalue weighted by atomic mass is 16.4. The van der Waals surface area contributed by atoms with E-state index in [0.29, 0.717) is 25.2 Å². The van der Waals surface area contributed by atoms with Crippen LogP contribution in [0, 0.1) is 5.41 Å². The van der Waals surface area contributed by atoms with Gasteiger partial charge in [-0.2, -0.15) is 4.52 Å². The minimum atomic E-state index is -0.754. The average molecular weight is 303 g/mol. The maximum absolute atomic E-state index is 11.4. The molecule has 1 unspecified atom stereocenters. The summed E-state index contributed by atoms with van der Waals surface area (Å²) in [5, 5.41) is 22.4. The molecule has 0 aliphatic carbocycles. The summed E-state index contributed by atoms with van der Waals surface area (Å²) in [6.07, 6.45) is 0.621. The first-order valence-corrected chi connectivity index (χ1v) is 7.42. The van der Waals surface area contributed by atoms with E-state index in [0.717, 1.165) is 11.6 Å². The second-order valence-electron chi connectivity index (χ2n) is 7.27. The van der Waals surface area contributed by atoms with Crippen molar-refractivity contribution in [3.05, 3.63) is 18.0 Å². The van der Waals surface area contributed by atoms with Crippen LogP contribution in [-0.4, -0.2) is 44.0 Å². The van der Waals surface area contributed by atoms with E-state index < -0.39 is 11.4 Å². The molecule has 0 amide bonds. The van der Waals surface area contributed by atoms with Crippen LogP contribution in [0.4, 0.5) is 5.82 Å². The molecule has 22 heavy (non-hydrogen) atoms. The van der Waals surface area contributed by atoms with Crippen molar-refractivity contribution < 1.29 is 9.90 Å². The van der Waals surface area contributed by atoms with E-state index >= 15 is 0 Å². The molecule has 0 aromatic carbocycles. The Morgan fingerprint density at radius 2 is 2.05 bits per heavy atom. The summed E-state index contributed by atoms with van der Waals surface area (Å²) in [4.78, 5) is 13.4. The summed E-state index contributed by atoms with van der Waals surface area (Å²) < 4.78 is 1.76. The Morgan fingerprint density at radius 1 is 1.32 bits per heavy atom. The lowest BCUT2D eigenvalue weighted by atomic mass is 9.90. The van der Waals surface area contributed by atoms with Crippen molar-refractivity contribution in [3.8, 4) is 0 Å². The third-order valence-electron chi connectivity index (χ3n) is 4.23. The molecule has 0 spiro atoms. The Balaban J connectivity index is 1.98. The van der Waals surface area contributed by atoms with Crippen LogP contribution in [0.15, 0.2) is 12.1 Å². The van der Waals surface area contributed by atoms with Gasteiger partial charge >= 0.3 is 5.97 Å². The van der Waals surface area contributed by atoms with Crippen molar-refractivity contribution >= 4 is 17.4 Å². The number of aromatic nitrogens is 4. The van der Waals surface area contributed by atoms with Gasteiger partial charge < -0.3 is 10.0 Å². The Hall–Kier alpha value is -2.18. The van der Waals surface area contributed by atoms with Crippen molar-refractivity contribution in [3.63, 3.8) is 0 Å². The number of carbonyl (C=O) groups is 1. The van der Waals surface area contributed by atoms with Crippen LogP contribution >= 0.6 is 0 Å². The van der Waals surface area contributed by atoms with Crippen LogP contribution in [0.5, 0.6) is 0 Å². The largest absolute Gasteiger partial charge is 0.481 e. The molecular formula is C15H21N5O2. The molecule has 3 rings (SSSR count). The number of carboxylic acids is 1. The Bertz CT molecular complexity index is 733. The number of hydrogen-bond acceptors (Lipinski definition) is 5. The topological polar surface area (TPSA) is 83.6 Å². The molecule has 0 bridgehead atoms. The SMILES string of the molecule is CC1(C(=O)O)CCN(c2ccc3nnc(C(C)(C)C)n3n2)C1. The van der Waals surface area contributed by atoms with Crippen LogP contribution in [0.2, 0.25) is 0 Å². The molecule has 1 N–H and O–H groups in total. The van der Waals surface area contributed by atoms with Gasteiger partial charge in [0.15, 0.2) is 11.5 Å². The van der Waals surface area contributed by atoms with E-state index in [1.807, 2.05) is 17.0 Å². The molecule has 2 aromatic heterocycles. The normalized spacial score (nSPS) is 22.5. The minimum absolute atomic E-state index is 0.161. The molecular weight excluding hydrogens is 282 g/mol. The van der Waals surface area contributed by atoms with E-state index in [1.165, 1.54) is 0 Å². The van der Waals surface area contributed by atoms with Crippen LogP contribution in [0.3, 0.4) is 0 Å². The number of hydrogen-bond donors (Lipinski definition) is 1. The van der Waals surface area contributed by atoms with Crippen LogP contribution < -0.4 is 4.90 Å². The highest BCUT2D eigenvalue weighted by Crippen LogP contribution is 2.32. The molecule has 7 heteroatoms. The Kier molecular flexibility index (Phi) is 3.12. The van der Waals surface area contributed by atoms with Crippen molar-refractivity contribution in [1.29, 1.82) is 0 Å². The van der Waals surface area contributed by atoms with Gasteiger partial charge in [0.2, 0.25) is 0 Å². The van der Waals surface area contributed by atoms with Crippen LogP contribution in [0.25, 0.3) is 5.65 Å². The standard InChI is InChI=1S/C15H21N5O2/c1-14(2,3)12-17-16-10-5-6-11(18-20(10)12)19-8-7-15(4,9-19)13(21)22/h5-6H,7-9H2,1-4H3,(H,21,22). The number of carboxylic acid groups (broad SMARTS) is 1. The zero-order chi connectivity index (χ0) is 16.1. The maximum Gasteiger partial charge on any atom is 0.311 e. The number of rotatable bonds is 2. The molecule has 1 aliphatic heterocycles. The van der Waals surface area contributed by atoms with Gasteiger partial charge in [0, 0.05) is 18.5 Å². The van der Waals surface area contributed by atoms with E-state index in [2.05, 4.69) is 36.1 Å². The van der Waals surface area contributed by atoms with E-state index in [9.17, 15) is 9.90 Å². The van der Waals surface area contributed by atoms with Gasteiger partial charge in [-0.05, 0) is 25.5 Å². The van der Waals surface area contributed by atoms with Gasteiger partial charge in [0.25, 0.3) is 0 Å². The van der Waals surface area contributed by atoms with E-state index in [4.69, 9.17) is 0 Å². The smallest absolute Gasteiger partial charge is 0.311 e. The Morgan fingerprint density at radius 3 is 2.64 bits per heavy atom. The molecule has 1 aliphatic rings. The molecule has 0 saturated carbocycles. The fraction of sp³-hybridized carbons (Fsp3) is 0.600. The maximum atomic E-state index is 11.4. The fourth-order valence-electron chi connectivity index (χ4n) is 2.75. The van der Waals surface area contributed by atoms with Gasteiger partial charge in [0.05, 0.1) is 5.41 Å². The third kappa shape index (κ3) is 2.30. The van der Waals surface area contributed by atoms with Crippen LogP contribution in [0.1, 0.15) is 39.9 Å². The van der Waals surface area contributed by atoms with Gasteiger partial charge in [-0.25, -0.2) is 0 Å². The highest BCUT2D eigenvalue weighted by molar-refractivity contribution is 5.76. The van der Waals surface area contributed by atoms with Gasteiger partial charge in [-0.1, -0.05) is 20.8 Å². The number of aliphatic carboxylic acids is 1. The first kappa shape index (κ1) is 14.7. The Labute approximate surface area is 129 Å². The minimum Gasteiger partial charge on any atom is -0.481 e. The van der Waals surface area contributed by atoms with Crippen molar-refractivity contribution in [1.82, 2.24) is 19.8 Å². The second-order valence-corrected chi connectivity index (χ2v) is 7.27. The molecule has 1 saturated heterocycles. The lowest BCUT2D eigenvalue weighted by Gasteiger charge is -2.21. The molecule has 1 atom stereocenters. The third-order valence-corrected chi connectivity index (χ3v) is 4.23.